The average Bonchev–Trinajstić information content (AvgIpc) is 2.65. The smallest absolute Gasteiger partial charge is 0.157 e. The molecule has 1 N–H and O–H groups in total. The van der Waals surface area contributed by atoms with E-state index >= 15 is 0 Å². The van der Waals surface area contributed by atoms with Crippen LogP contribution >= 0.6 is 11.6 Å². The zero-order chi connectivity index (χ0) is 25.6. The van der Waals surface area contributed by atoms with Gasteiger partial charge < -0.3 is 5.31 Å². The fourth-order valence-corrected chi connectivity index (χ4v) is 1.45. The van der Waals surface area contributed by atoms with Crippen LogP contribution in [0.15, 0.2) is 24.2 Å². The molecule has 1 aromatic rings. The van der Waals surface area contributed by atoms with Crippen LogP contribution in [-0.4, -0.2) is 12.8 Å². The van der Waals surface area contributed by atoms with Crippen molar-refractivity contribution in [1.82, 2.24) is 5.31 Å². The summed E-state index contributed by atoms with van der Waals surface area (Å²) in [6.45, 7) is -3.78. The van der Waals surface area contributed by atoms with Crippen molar-refractivity contribution in [3.05, 3.63) is 34.8 Å². The summed E-state index contributed by atoms with van der Waals surface area (Å²) in [5.74, 6) is -2.28. The molecule has 0 aliphatic heterocycles. The van der Waals surface area contributed by atoms with Crippen LogP contribution in [0.2, 0.25) is 6.43 Å². The van der Waals surface area contributed by atoms with Crippen molar-refractivity contribution in [1.29, 1.82) is 0 Å². The fourth-order valence-electron chi connectivity index (χ4n) is 1.21. The summed E-state index contributed by atoms with van der Waals surface area (Å²) < 4.78 is 127. The largest absolute Gasteiger partial charge is 0.304 e. The van der Waals surface area contributed by atoms with Gasteiger partial charge in [0.15, 0.2) is 5.78 Å². The maximum atomic E-state index is 13.4. The first-order valence-corrected chi connectivity index (χ1v) is 4.47. The highest BCUT2D eigenvalue weighted by Gasteiger charge is 2.40. The summed E-state index contributed by atoms with van der Waals surface area (Å²) in [5.41, 5.74) is -5.35. The maximum Gasteiger partial charge on any atom is 0.157 e. The molecule has 1 fully saturated rings. The van der Waals surface area contributed by atoms with E-state index in [0.29, 0.717) is 0 Å². The monoisotopic (exact) mass is 253 g/mol. The molecule has 1 atom stereocenters. The van der Waals surface area contributed by atoms with Gasteiger partial charge in [0.1, 0.15) is 6.95 Å². The molecule has 1 aromatic carbocycles. The van der Waals surface area contributed by atoms with Crippen LogP contribution in [0.25, 0.3) is 0 Å². The van der Waals surface area contributed by atoms with E-state index in [1.54, 1.807) is 0 Å². The third-order valence-corrected chi connectivity index (χ3v) is 2.27. The predicted octanol–water partition coefficient (Wildman–Crippen LogP) is 2.90. The Labute approximate surface area is 124 Å². The second-order valence-corrected chi connectivity index (χ2v) is 3.22. The minimum atomic E-state index is -4.09. The summed E-state index contributed by atoms with van der Waals surface area (Å²) in [6, 6.07) is -4.52. The molecule has 0 spiro atoms. The number of carbonyl (C=O) groups is 1. The van der Waals surface area contributed by atoms with Crippen LogP contribution < -0.4 is 5.31 Å². The van der Waals surface area contributed by atoms with Gasteiger partial charge in [-0.2, -0.15) is 0 Å². The maximum absolute atomic E-state index is 13.4. The van der Waals surface area contributed by atoms with E-state index in [0.717, 1.165) is 0 Å². The first-order valence-electron chi connectivity index (χ1n) is 12.0. The molecule has 1 saturated carbocycles. The lowest BCUT2D eigenvalue weighted by Crippen LogP contribution is -2.49. The van der Waals surface area contributed by atoms with Crippen molar-refractivity contribution in [2.24, 2.45) is 0 Å². The van der Waals surface area contributed by atoms with E-state index in [-0.39, 0.29) is 0 Å². The highest BCUT2D eigenvalue weighted by molar-refractivity contribution is 6.31. The average molecular weight is 254 g/mol. The number of hydrogen-bond acceptors (Lipinski definition) is 2. The molecule has 0 heterocycles. The van der Waals surface area contributed by atoms with Crippen LogP contribution in [0.1, 0.15) is 51.6 Å². The third-order valence-electron chi connectivity index (χ3n) is 1.98. The van der Waals surface area contributed by atoms with Gasteiger partial charge in [-0.05, 0) is 31.3 Å². The second kappa shape index (κ2) is 4.56. The van der Waals surface area contributed by atoms with Crippen molar-refractivity contribution in [2.45, 2.75) is 31.0 Å². The molecule has 16 heavy (non-hydrogen) atoms. The molecule has 0 amide bonds. The molecular formula is C13H16ClNO. The van der Waals surface area contributed by atoms with Crippen LogP contribution in [0.5, 0.6) is 0 Å². The van der Waals surface area contributed by atoms with Crippen molar-refractivity contribution in [2.75, 3.05) is 6.98 Å². The summed E-state index contributed by atoms with van der Waals surface area (Å²) in [6.07, 6.45) is -16.0. The molecule has 86 valence electrons. The van der Waals surface area contributed by atoms with E-state index in [4.69, 9.17) is 33.6 Å². The van der Waals surface area contributed by atoms with Crippen molar-refractivity contribution >= 4 is 17.4 Å². The van der Waals surface area contributed by atoms with Crippen molar-refractivity contribution < 1.29 is 26.8 Å². The zero-order valence-electron chi connectivity index (χ0n) is 23.7. The molecule has 3 heteroatoms. The van der Waals surface area contributed by atoms with Gasteiger partial charge in [-0.25, -0.2) is 0 Å². The Morgan fingerprint density at radius 3 is 3.25 bits per heavy atom. The van der Waals surface area contributed by atoms with E-state index in [2.05, 4.69) is 0 Å². The normalized spacial score (nSPS) is 54.0. The lowest BCUT2D eigenvalue weighted by Gasteiger charge is -2.36. The van der Waals surface area contributed by atoms with Crippen LogP contribution in [-0.2, 0) is 10.3 Å². The molecular weight excluding hydrogens is 222 g/mol. The Hall–Kier alpha value is -0.860. The SMILES string of the molecule is [2H]c1c([2H])c([2H])c(C2(N([2H])C([2H])([2H])[2H])C(=O)C([2H])([2H])C([2H])([2H])C([2H])([2H])C2([2H])[2H])c(Cl)c1[2H]. The van der Waals surface area contributed by atoms with Gasteiger partial charge in [0, 0.05) is 26.5 Å². The Morgan fingerprint density at radius 2 is 2.44 bits per heavy atom. The zero-order valence-corrected chi connectivity index (χ0v) is 8.49. The van der Waals surface area contributed by atoms with Gasteiger partial charge in [0.25, 0.3) is 0 Å². The van der Waals surface area contributed by atoms with Crippen LogP contribution in [0.4, 0.5) is 0 Å². The predicted molar refractivity (Wildman–Crippen MR) is 65.7 cm³/mol. The molecule has 1 aliphatic rings. The van der Waals surface area contributed by atoms with Crippen molar-refractivity contribution in [3.8, 4) is 0 Å². The molecule has 1 unspecified atom stereocenters. The first-order chi connectivity index (χ1) is 14.0. The first kappa shape index (κ1) is 2.93. The highest BCUT2D eigenvalue weighted by atomic mass is 35.5. The standard InChI is InChI=1S/C13H16ClNO/c1-15-13(9-5-4-8-12(13)16)10-6-2-3-7-11(10)14/h2-3,6-7,15H,4-5,8-9H2,1H3/i1D3,2D,3D,4D2,5D2,6D,7D,8D2,9D2/hD. The molecule has 2 rings (SSSR count). The Bertz CT molecular complexity index is 958. The number of nitrogens with one attached hydrogen (secondary N) is 1. The number of carbonyl (C=O) groups excluding carboxylic acids is 1. The Kier molecular flexibility index (Phi) is 0.835. The second-order valence-electron chi connectivity index (χ2n) is 2.84. The molecule has 0 saturated heterocycles. The number of ketones is 1. The van der Waals surface area contributed by atoms with Gasteiger partial charge in [-0.3, -0.25) is 4.79 Å². The quantitative estimate of drug-likeness (QED) is 0.878. The molecule has 1 aliphatic carbocycles. The van der Waals surface area contributed by atoms with Gasteiger partial charge in [-0.15, -0.1) is 0 Å². The number of hydrogen-bond donors (Lipinski definition) is 1. The summed E-state index contributed by atoms with van der Waals surface area (Å²) in [4.78, 5) is 13.4. The van der Waals surface area contributed by atoms with E-state index in [1.807, 2.05) is 0 Å². The van der Waals surface area contributed by atoms with E-state index < -0.39 is 83.9 Å². The number of benzene rings is 1. The van der Waals surface area contributed by atoms with Gasteiger partial charge in [0.2, 0.25) is 0 Å². The molecule has 0 aromatic heterocycles. The van der Waals surface area contributed by atoms with Crippen LogP contribution in [0.3, 0.4) is 0 Å². The van der Waals surface area contributed by atoms with Crippen molar-refractivity contribution in [3.63, 3.8) is 0 Å². The Morgan fingerprint density at radius 1 is 1.62 bits per heavy atom. The highest BCUT2D eigenvalue weighted by Crippen LogP contribution is 2.37. The number of likely N-dealkylation sites (N-methyl/N-ethyl adjacent to an activating group) is 1. The fraction of sp³-hybridized carbons (Fsp3) is 0.462. The van der Waals surface area contributed by atoms with E-state index in [1.165, 1.54) is 0 Å². The van der Waals surface area contributed by atoms with E-state index in [9.17, 15) is 4.79 Å². The molecule has 0 bridgehead atoms. The summed E-state index contributed by atoms with van der Waals surface area (Å²) >= 11 is 5.98. The summed E-state index contributed by atoms with van der Waals surface area (Å²) in [7, 11) is 0. The van der Waals surface area contributed by atoms with Gasteiger partial charge in [-0.1, -0.05) is 36.1 Å². The number of Topliss-reactive ketones (excluding diaryl/α,β-unsaturated/α-hetero) is 1. The van der Waals surface area contributed by atoms with Gasteiger partial charge >= 0.3 is 0 Å². The minimum Gasteiger partial charge on any atom is -0.304 e. The lowest BCUT2D eigenvalue weighted by atomic mass is 9.75. The minimum absolute atomic E-state index is 0.783. The molecule has 2 nitrogen and oxygen atoms in total. The molecule has 0 radical (unpaired) electrons. The lowest BCUT2D eigenvalue weighted by molar-refractivity contribution is -0.127. The third kappa shape index (κ3) is 1.76. The Balaban J connectivity index is 3.32. The van der Waals surface area contributed by atoms with Crippen LogP contribution in [0, 0.1) is 0 Å². The number of halogens is 1. The number of rotatable bonds is 2. The summed E-state index contributed by atoms with van der Waals surface area (Å²) in [5, 5.41) is -1.93. The topological polar surface area (TPSA) is 29.1 Å². The van der Waals surface area contributed by atoms with Gasteiger partial charge in [0.05, 0.1) is 5.48 Å².